The highest BCUT2D eigenvalue weighted by Crippen LogP contribution is 2.57. The predicted molar refractivity (Wildman–Crippen MR) is 66.0 cm³/mol. The SMILES string of the molecule is CC1=COC2CC3CCCC(C)C3(C)CC12. The van der Waals surface area contributed by atoms with Gasteiger partial charge in [-0.05, 0) is 49.0 Å². The molecular formula is C15H24O. The molecule has 3 rings (SSSR count). The average molecular weight is 220 g/mol. The smallest absolute Gasteiger partial charge is 0.105 e. The minimum Gasteiger partial charge on any atom is -0.497 e. The maximum Gasteiger partial charge on any atom is 0.105 e. The first-order valence-corrected chi connectivity index (χ1v) is 6.93. The van der Waals surface area contributed by atoms with Crippen LogP contribution in [0.15, 0.2) is 11.8 Å². The molecule has 2 aliphatic carbocycles. The number of fused-ring (bicyclic) bond motifs is 2. The zero-order chi connectivity index (χ0) is 11.3. The van der Waals surface area contributed by atoms with Gasteiger partial charge in [-0.25, -0.2) is 0 Å². The first-order chi connectivity index (χ1) is 7.61. The van der Waals surface area contributed by atoms with E-state index in [4.69, 9.17) is 4.74 Å². The number of hydrogen-bond donors (Lipinski definition) is 0. The van der Waals surface area contributed by atoms with Gasteiger partial charge in [-0.3, -0.25) is 0 Å². The van der Waals surface area contributed by atoms with Crippen LogP contribution < -0.4 is 0 Å². The Balaban J connectivity index is 1.87. The number of rotatable bonds is 0. The lowest BCUT2D eigenvalue weighted by Gasteiger charge is -2.52. The summed E-state index contributed by atoms with van der Waals surface area (Å²) in [6, 6.07) is 0. The maximum absolute atomic E-state index is 5.84. The van der Waals surface area contributed by atoms with E-state index < -0.39 is 0 Å². The van der Waals surface area contributed by atoms with E-state index in [2.05, 4.69) is 20.8 Å². The lowest BCUT2D eigenvalue weighted by Crippen LogP contribution is -2.46. The van der Waals surface area contributed by atoms with Crippen molar-refractivity contribution in [3.63, 3.8) is 0 Å². The van der Waals surface area contributed by atoms with Crippen LogP contribution in [0.1, 0.15) is 52.9 Å². The summed E-state index contributed by atoms with van der Waals surface area (Å²) in [6.07, 6.45) is 9.53. The molecule has 0 aromatic carbocycles. The zero-order valence-corrected chi connectivity index (χ0v) is 10.8. The topological polar surface area (TPSA) is 9.23 Å². The van der Waals surface area contributed by atoms with Crippen molar-refractivity contribution < 1.29 is 4.74 Å². The Bertz CT molecular complexity index is 319. The van der Waals surface area contributed by atoms with Crippen LogP contribution in [0.5, 0.6) is 0 Å². The highest BCUT2D eigenvalue weighted by atomic mass is 16.5. The fourth-order valence-corrected chi connectivity index (χ4v) is 4.42. The van der Waals surface area contributed by atoms with Crippen LogP contribution in [0.3, 0.4) is 0 Å². The largest absolute Gasteiger partial charge is 0.497 e. The van der Waals surface area contributed by atoms with Crippen molar-refractivity contribution in [3.05, 3.63) is 11.8 Å². The molecule has 0 radical (unpaired) electrons. The molecule has 5 unspecified atom stereocenters. The Morgan fingerprint density at radius 1 is 1.38 bits per heavy atom. The quantitative estimate of drug-likeness (QED) is 0.596. The molecule has 1 heterocycles. The molecule has 0 bridgehead atoms. The lowest BCUT2D eigenvalue weighted by molar-refractivity contribution is -0.0568. The van der Waals surface area contributed by atoms with E-state index in [1.54, 1.807) is 0 Å². The Morgan fingerprint density at radius 2 is 2.19 bits per heavy atom. The molecule has 0 amide bonds. The summed E-state index contributed by atoms with van der Waals surface area (Å²) in [5.41, 5.74) is 2.07. The maximum atomic E-state index is 5.84. The van der Waals surface area contributed by atoms with Crippen LogP contribution in [0, 0.1) is 23.2 Å². The highest BCUT2D eigenvalue weighted by molar-refractivity contribution is 5.14. The van der Waals surface area contributed by atoms with Crippen LogP contribution in [0.4, 0.5) is 0 Å². The first kappa shape index (κ1) is 10.7. The van der Waals surface area contributed by atoms with Crippen molar-refractivity contribution in [2.45, 2.75) is 59.0 Å². The van der Waals surface area contributed by atoms with E-state index in [0.717, 1.165) is 17.8 Å². The Kier molecular flexibility index (Phi) is 2.35. The van der Waals surface area contributed by atoms with Crippen LogP contribution in [0.2, 0.25) is 0 Å². The summed E-state index contributed by atoms with van der Waals surface area (Å²) in [4.78, 5) is 0. The lowest BCUT2D eigenvalue weighted by atomic mass is 9.53. The van der Waals surface area contributed by atoms with Gasteiger partial charge in [0.25, 0.3) is 0 Å². The zero-order valence-electron chi connectivity index (χ0n) is 10.8. The van der Waals surface area contributed by atoms with Crippen molar-refractivity contribution in [2.75, 3.05) is 0 Å². The number of ether oxygens (including phenoxy) is 1. The van der Waals surface area contributed by atoms with Crippen LogP contribution in [-0.2, 0) is 4.74 Å². The third-order valence-electron chi connectivity index (χ3n) is 5.89. The molecular weight excluding hydrogens is 196 g/mol. The summed E-state index contributed by atoms with van der Waals surface area (Å²) in [5.74, 6) is 2.54. The van der Waals surface area contributed by atoms with Crippen molar-refractivity contribution in [1.82, 2.24) is 0 Å². The van der Waals surface area contributed by atoms with E-state index in [1.165, 1.54) is 37.7 Å². The van der Waals surface area contributed by atoms with Crippen molar-refractivity contribution in [2.24, 2.45) is 23.2 Å². The van der Waals surface area contributed by atoms with Gasteiger partial charge in [-0.2, -0.15) is 0 Å². The molecule has 1 heteroatoms. The Hall–Kier alpha value is -0.460. The third-order valence-corrected chi connectivity index (χ3v) is 5.89. The Labute approximate surface area is 99.3 Å². The molecule has 2 fully saturated rings. The van der Waals surface area contributed by atoms with Crippen LogP contribution in [-0.4, -0.2) is 6.10 Å². The molecule has 0 spiro atoms. The molecule has 1 aliphatic heterocycles. The first-order valence-electron chi connectivity index (χ1n) is 6.93. The van der Waals surface area contributed by atoms with E-state index in [-0.39, 0.29) is 0 Å². The summed E-state index contributed by atoms with van der Waals surface area (Å²) < 4.78 is 5.84. The van der Waals surface area contributed by atoms with Gasteiger partial charge in [-0.1, -0.05) is 26.7 Å². The van der Waals surface area contributed by atoms with Gasteiger partial charge in [0, 0.05) is 5.92 Å². The van der Waals surface area contributed by atoms with E-state index in [9.17, 15) is 0 Å². The molecule has 5 atom stereocenters. The molecule has 0 aromatic rings. The van der Waals surface area contributed by atoms with Crippen molar-refractivity contribution in [3.8, 4) is 0 Å². The second kappa shape index (κ2) is 3.51. The summed E-state index contributed by atoms with van der Waals surface area (Å²) in [6.45, 7) is 7.27. The van der Waals surface area contributed by atoms with Crippen LogP contribution in [0.25, 0.3) is 0 Å². The van der Waals surface area contributed by atoms with Gasteiger partial charge < -0.3 is 4.74 Å². The molecule has 0 aromatic heterocycles. The molecule has 3 aliphatic rings. The standard InChI is InChI=1S/C15H24O/c1-10-9-16-14-7-12-6-4-5-11(2)15(12,3)8-13(10)14/h9,11-14H,4-8H2,1-3H3. The van der Waals surface area contributed by atoms with Gasteiger partial charge >= 0.3 is 0 Å². The molecule has 1 nitrogen and oxygen atoms in total. The normalized spacial score (nSPS) is 51.3. The second-order valence-electron chi connectivity index (χ2n) is 6.62. The monoisotopic (exact) mass is 220 g/mol. The van der Waals surface area contributed by atoms with Gasteiger partial charge in [0.2, 0.25) is 0 Å². The van der Waals surface area contributed by atoms with Gasteiger partial charge in [-0.15, -0.1) is 0 Å². The van der Waals surface area contributed by atoms with Gasteiger partial charge in [0.15, 0.2) is 0 Å². The van der Waals surface area contributed by atoms with E-state index in [0.29, 0.717) is 11.5 Å². The van der Waals surface area contributed by atoms with Crippen molar-refractivity contribution >= 4 is 0 Å². The average Bonchev–Trinajstić information content (AvgIpc) is 2.59. The van der Waals surface area contributed by atoms with E-state index >= 15 is 0 Å². The summed E-state index contributed by atoms with van der Waals surface area (Å²) >= 11 is 0. The fraction of sp³-hybridized carbons (Fsp3) is 0.867. The molecule has 0 saturated heterocycles. The van der Waals surface area contributed by atoms with Gasteiger partial charge in [0.05, 0.1) is 6.26 Å². The Morgan fingerprint density at radius 3 is 3.00 bits per heavy atom. The minimum absolute atomic E-state index is 0.517. The minimum atomic E-state index is 0.517. The molecule has 0 N–H and O–H groups in total. The molecule has 2 saturated carbocycles. The van der Waals surface area contributed by atoms with E-state index in [1.807, 2.05) is 6.26 Å². The molecule has 16 heavy (non-hydrogen) atoms. The summed E-state index contributed by atoms with van der Waals surface area (Å²) in [5, 5.41) is 0. The fourth-order valence-electron chi connectivity index (χ4n) is 4.42. The van der Waals surface area contributed by atoms with Crippen molar-refractivity contribution in [1.29, 1.82) is 0 Å². The van der Waals surface area contributed by atoms with Crippen LogP contribution >= 0.6 is 0 Å². The predicted octanol–water partition coefficient (Wildman–Crippen LogP) is 4.14. The summed E-state index contributed by atoms with van der Waals surface area (Å²) in [7, 11) is 0. The third kappa shape index (κ3) is 1.36. The number of hydrogen-bond acceptors (Lipinski definition) is 1. The highest BCUT2D eigenvalue weighted by Gasteiger charge is 2.50. The van der Waals surface area contributed by atoms with Gasteiger partial charge in [0.1, 0.15) is 6.10 Å². The molecule has 90 valence electrons. The second-order valence-corrected chi connectivity index (χ2v) is 6.62.